The zero-order valence-electron chi connectivity index (χ0n) is 9.24. The Morgan fingerprint density at radius 2 is 2.31 bits per heavy atom. The second-order valence-electron chi connectivity index (χ2n) is 4.26. The number of nitrogens with zero attached hydrogens (tertiary/aromatic N) is 1. The Morgan fingerprint density at radius 3 is 2.88 bits per heavy atom. The van der Waals surface area contributed by atoms with Crippen molar-refractivity contribution in [3.8, 4) is 0 Å². The molecule has 1 heterocycles. The molecule has 0 aromatic heterocycles. The summed E-state index contributed by atoms with van der Waals surface area (Å²) in [5.74, 6) is -0.471. The van der Waals surface area contributed by atoms with Crippen LogP contribution in [0.2, 0.25) is 0 Å². The van der Waals surface area contributed by atoms with E-state index in [4.69, 9.17) is 5.73 Å². The number of aryl methyl sites for hydroxylation is 1. The number of benzene rings is 1. The van der Waals surface area contributed by atoms with Gasteiger partial charge < -0.3 is 10.6 Å². The maximum atomic E-state index is 13.3. The van der Waals surface area contributed by atoms with Gasteiger partial charge in [-0.1, -0.05) is 6.07 Å². The third-order valence-electron chi connectivity index (χ3n) is 2.93. The highest BCUT2D eigenvalue weighted by atomic mass is 19.1. The van der Waals surface area contributed by atoms with E-state index in [2.05, 4.69) is 0 Å². The fourth-order valence-corrected chi connectivity index (χ4v) is 1.88. The first kappa shape index (κ1) is 11.1. The third kappa shape index (κ3) is 2.07. The summed E-state index contributed by atoms with van der Waals surface area (Å²) < 4.78 is 13.3. The second-order valence-corrected chi connectivity index (χ2v) is 4.26. The Labute approximate surface area is 94.0 Å². The van der Waals surface area contributed by atoms with Gasteiger partial charge in [-0.15, -0.1) is 0 Å². The van der Waals surface area contributed by atoms with E-state index in [9.17, 15) is 9.18 Å². The Morgan fingerprint density at radius 1 is 1.56 bits per heavy atom. The fraction of sp³-hybridized carbons (Fsp3) is 0.417. The molecule has 1 aromatic carbocycles. The molecule has 2 rings (SSSR count). The SMILES string of the molecule is Cc1ccc(C(=O)N2CC[C@H](N)C2)cc1F. The quantitative estimate of drug-likeness (QED) is 0.778. The number of rotatable bonds is 1. The van der Waals surface area contributed by atoms with Crippen molar-refractivity contribution in [2.24, 2.45) is 5.73 Å². The van der Waals surface area contributed by atoms with Crippen molar-refractivity contribution in [1.29, 1.82) is 0 Å². The first-order chi connectivity index (χ1) is 7.58. The third-order valence-corrected chi connectivity index (χ3v) is 2.93. The molecule has 1 aliphatic rings. The van der Waals surface area contributed by atoms with Crippen molar-refractivity contribution >= 4 is 5.91 Å². The van der Waals surface area contributed by atoms with Gasteiger partial charge >= 0.3 is 0 Å². The normalized spacial score (nSPS) is 20.2. The molecule has 0 radical (unpaired) electrons. The molecule has 86 valence electrons. The highest BCUT2D eigenvalue weighted by Crippen LogP contribution is 2.15. The van der Waals surface area contributed by atoms with E-state index in [1.165, 1.54) is 6.07 Å². The summed E-state index contributed by atoms with van der Waals surface area (Å²) in [6, 6.07) is 4.63. The van der Waals surface area contributed by atoms with Gasteiger partial charge in [0.05, 0.1) is 0 Å². The van der Waals surface area contributed by atoms with Gasteiger partial charge in [0.25, 0.3) is 5.91 Å². The number of halogens is 1. The molecule has 0 unspecified atom stereocenters. The van der Waals surface area contributed by atoms with Crippen molar-refractivity contribution in [3.63, 3.8) is 0 Å². The van der Waals surface area contributed by atoms with Crippen molar-refractivity contribution in [2.75, 3.05) is 13.1 Å². The lowest BCUT2D eigenvalue weighted by Gasteiger charge is -2.15. The van der Waals surface area contributed by atoms with Crippen molar-refractivity contribution in [1.82, 2.24) is 4.90 Å². The smallest absolute Gasteiger partial charge is 0.254 e. The standard InChI is InChI=1S/C12H15FN2O/c1-8-2-3-9(6-11(8)13)12(16)15-5-4-10(14)7-15/h2-3,6,10H,4-5,7,14H2,1H3/t10-/m0/s1. The molecule has 0 saturated carbocycles. The molecule has 1 saturated heterocycles. The topological polar surface area (TPSA) is 46.3 Å². The molecule has 4 heteroatoms. The van der Waals surface area contributed by atoms with Gasteiger partial charge in [-0.05, 0) is 31.0 Å². The molecule has 2 N–H and O–H groups in total. The number of likely N-dealkylation sites (tertiary alicyclic amines) is 1. The largest absolute Gasteiger partial charge is 0.337 e. The maximum Gasteiger partial charge on any atom is 0.254 e. The zero-order chi connectivity index (χ0) is 11.7. The summed E-state index contributed by atoms with van der Waals surface area (Å²) in [5, 5.41) is 0. The number of nitrogens with two attached hydrogens (primary N) is 1. The van der Waals surface area contributed by atoms with E-state index in [-0.39, 0.29) is 17.8 Å². The van der Waals surface area contributed by atoms with Crippen LogP contribution >= 0.6 is 0 Å². The predicted octanol–water partition coefficient (Wildman–Crippen LogP) is 1.31. The minimum atomic E-state index is -0.339. The second kappa shape index (κ2) is 4.22. The van der Waals surface area contributed by atoms with Crippen LogP contribution in [0.3, 0.4) is 0 Å². The van der Waals surface area contributed by atoms with Crippen LogP contribution in [0.1, 0.15) is 22.3 Å². The van der Waals surface area contributed by atoms with Gasteiger partial charge in [0, 0.05) is 24.7 Å². The molecule has 0 aliphatic carbocycles. The summed E-state index contributed by atoms with van der Waals surface area (Å²) >= 11 is 0. The molecule has 16 heavy (non-hydrogen) atoms. The van der Waals surface area contributed by atoms with Crippen molar-refractivity contribution < 1.29 is 9.18 Å². The minimum absolute atomic E-state index is 0.0549. The van der Waals surface area contributed by atoms with E-state index in [0.29, 0.717) is 24.2 Å². The van der Waals surface area contributed by atoms with Crippen LogP contribution in [-0.2, 0) is 0 Å². The van der Waals surface area contributed by atoms with E-state index >= 15 is 0 Å². The first-order valence-electron chi connectivity index (χ1n) is 5.39. The average molecular weight is 222 g/mol. The summed E-state index contributed by atoms with van der Waals surface area (Å²) in [4.78, 5) is 13.6. The highest BCUT2D eigenvalue weighted by Gasteiger charge is 2.24. The molecular weight excluding hydrogens is 207 g/mol. The Hall–Kier alpha value is -1.42. The molecule has 1 amide bonds. The minimum Gasteiger partial charge on any atom is -0.337 e. The van der Waals surface area contributed by atoms with E-state index in [1.54, 1.807) is 24.0 Å². The number of carbonyl (C=O) groups is 1. The molecule has 1 atom stereocenters. The van der Waals surface area contributed by atoms with Crippen molar-refractivity contribution in [2.45, 2.75) is 19.4 Å². The molecule has 1 aliphatic heterocycles. The zero-order valence-corrected chi connectivity index (χ0v) is 9.24. The maximum absolute atomic E-state index is 13.3. The van der Waals surface area contributed by atoms with Gasteiger partial charge in [-0.25, -0.2) is 4.39 Å². The summed E-state index contributed by atoms with van der Waals surface area (Å²) in [5.41, 5.74) is 6.68. The molecule has 1 fully saturated rings. The molecule has 0 bridgehead atoms. The molecule has 0 spiro atoms. The van der Waals surface area contributed by atoms with Crippen LogP contribution in [0, 0.1) is 12.7 Å². The monoisotopic (exact) mass is 222 g/mol. The van der Waals surface area contributed by atoms with Crippen molar-refractivity contribution in [3.05, 3.63) is 35.1 Å². The average Bonchev–Trinajstić information content (AvgIpc) is 2.68. The Balaban J connectivity index is 2.18. The molecule has 1 aromatic rings. The van der Waals surface area contributed by atoms with Gasteiger partial charge in [0.2, 0.25) is 0 Å². The predicted molar refractivity (Wildman–Crippen MR) is 59.6 cm³/mol. The summed E-state index contributed by atoms with van der Waals surface area (Å²) in [6.45, 7) is 2.90. The van der Waals surface area contributed by atoms with Gasteiger partial charge in [-0.2, -0.15) is 0 Å². The Bertz CT molecular complexity index is 419. The molecule has 3 nitrogen and oxygen atoms in total. The van der Waals surface area contributed by atoms with E-state index < -0.39 is 0 Å². The number of carbonyl (C=O) groups excluding carboxylic acids is 1. The van der Waals surface area contributed by atoms with E-state index in [1.807, 2.05) is 0 Å². The number of hydrogen-bond donors (Lipinski definition) is 1. The van der Waals surface area contributed by atoms with Gasteiger partial charge in [0.1, 0.15) is 5.82 Å². The first-order valence-corrected chi connectivity index (χ1v) is 5.39. The fourth-order valence-electron chi connectivity index (χ4n) is 1.88. The number of hydrogen-bond acceptors (Lipinski definition) is 2. The summed E-state index contributed by atoms with van der Waals surface area (Å²) in [7, 11) is 0. The number of amides is 1. The van der Waals surface area contributed by atoms with E-state index in [0.717, 1.165) is 6.42 Å². The van der Waals surface area contributed by atoms with Gasteiger partial charge in [0.15, 0.2) is 0 Å². The van der Waals surface area contributed by atoms with Gasteiger partial charge in [-0.3, -0.25) is 4.79 Å². The highest BCUT2D eigenvalue weighted by molar-refractivity contribution is 5.94. The van der Waals surface area contributed by atoms with Crippen LogP contribution in [0.5, 0.6) is 0 Å². The lowest BCUT2D eigenvalue weighted by atomic mass is 10.1. The van der Waals surface area contributed by atoms with Crippen LogP contribution in [0.25, 0.3) is 0 Å². The lowest BCUT2D eigenvalue weighted by Crippen LogP contribution is -2.31. The summed E-state index contributed by atoms with van der Waals surface area (Å²) in [6.07, 6.45) is 0.820. The van der Waals surface area contributed by atoms with Crippen LogP contribution < -0.4 is 5.73 Å². The van der Waals surface area contributed by atoms with Crippen LogP contribution in [0.4, 0.5) is 4.39 Å². The molecular formula is C12H15FN2O. The Kier molecular flexibility index (Phi) is 2.92. The lowest BCUT2D eigenvalue weighted by molar-refractivity contribution is 0.0790. The van der Waals surface area contributed by atoms with Crippen LogP contribution in [0.15, 0.2) is 18.2 Å². The van der Waals surface area contributed by atoms with Crippen LogP contribution in [-0.4, -0.2) is 29.9 Å².